The van der Waals surface area contributed by atoms with Crippen molar-refractivity contribution in [2.24, 2.45) is 0 Å². The van der Waals surface area contributed by atoms with Crippen LogP contribution >= 0.6 is 0 Å². The smallest absolute Gasteiger partial charge is 0.147 e. The number of hydrogen-bond acceptors (Lipinski definition) is 3. The number of aromatic nitrogens is 3. The highest BCUT2D eigenvalue weighted by molar-refractivity contribution is 5.14. The molecule has 0 saturated carbocycles. The van der Waals surface area contributed by atoms with Crippen molar-refractivity contribution in [2.45, 2.75) is 26.9 Å². The predicted molar refractivity (Wildman–Crippen MR) is 67.6 cm³/mol. The fourth-order valence-electron chi connectivity index (χ4n) is 1.79. The van der Waals surface area contributed by atoms with Gasteiger partial charge in [-0.1, -0.05) is 30.3 Å². The van der Waals surface area contributed by atoms with Crippen molar-refractivity contribution in [1.82, 2.24) is 20.1 Å². The quantitative estimate of drug-likeness (QED) is 0.795. The lowest BCUT2D eigenvalue weighted by molar-refractivity contribution is 0.541. The number of nitrogens with zero attached hydrogens (tertiary/aromatic N) is 3. The molecule has 0 aliphatic heterocycles. The Morgan fingerprint density at radius 3 is 2.59 bits per heavy atom. The first kappa shape index (κ1) is 11.8. The van der Waals surface area contributed by atoms with Crippen molar-refractivity contribution < 1.29 is 0 Å². The molecule has 0 bridgehead atoms. The van der Waals surface area contributed by atoms with Gasteiger partial charge in [-0.25, -0.2) is 9.67 Å². The molecule has 0 radical (unpaired) electrons. The second-order valence-electron chi connectivity index (χ2n) is 4.09. The summed E-state index contributed by atoms with van der Waals surface area (Å²) in [4.78, 5) is 4.27. The standard InChI is InChI=1S/C13H18N4/c1-11-15-12(2)17(16-11)9-8-14-10-13-6-4-3-5-7-13/h3-7,14H,8-10H2,1-2H3. The van der Waals surface area contributed by atoms with Gasteiger partial charge in [-0.3, -0.25) is 0 Å². The van der Waals surface area contributed by atoms with Gasteiger partial charge in [0.05, 0.1) is 6.54 Å². The summed E-state index contributed by atoms with van der Waals surface area (Å²) in [7, 11) is 0. The first-order chi connectivity index (χ1) is 8.25. The van der Waals surface area contributed by atoms with Crippen molar-refractivity contribution in [3.63, 3.8) is 0 Å². The van der Waals surface area contributed by atoms with Crippen LogP contribution in [0.2, 0.25) is 0 Å². The summed E-state index contributed by atoms with van der Waals surface area (Å²) >= 11 is 0. The fraction of sp³-hybridized carbons (Fsp3) is 0.385. The van der Waals surface area contributed by atoms with Crippen LogP contribution in [0.5, 0.6) is 0 Å². The summed E-state index contributed by atoms with van der Waals surface area (Å²) in [6, 6.07) is 10.4. The van der Waals surface area contributed by atoms with E-state index < -0.39 is 0 Å². The van der Waals surface area contributed by atoms with E-state index in [1.165, 1.54) is 5.56 Å². The Morgan fingerprint density at radius 2 is 1.94 bits per heavy atom. The van der Waals surface area contributed by atoms with Gasteiger partial charge in [0.15, 0.2) is 0 Å². The van der Waals surface area contributed by atoms with Crippen molar-refractivity contribution in [2.75, 3.05) is 6.54 Å². The molecular weight excluding hydrogens is 212 g/mol. The van der Waals surface area contributed by atoms with Gasteiger partial charge in [-0.2, -0.15) is 5.10 Å². The molecule has 4 heteroatoms. The molecular formula is C13H18N4. The third-order valence-electron chi connectivity index (χ3n) is 2.63. The van der Waals surface area contributed by atoms with Crippen LogP contribution < -0.4 is 5.32 Å². The Hall–Kier alpha value is -1.68. The Labute approximate surface area is 102 Å². The molecule has 4 nitrogen and oxygen atoms in total. The largest absolute Gasteiger partial charge is 0.311 e. The van der Waals surface area contributed by atoms with E-state index >= 15 is 0 Å². The normalized spacial score (nSPS) is 10.7. The zero-order chi connectivity index (χ0) is 12.1. The summed E-state index contributed by atoms with van der Waals surface area (Å²) in [6.07, 6.45) is 0. The van der Waals surface area contributed by atoms with Gasteiger partial charge in [0.25, 0.3) is 0 Å². The predicted octanol–water partition coefficient (Wildman–Crippen LogP) is 1.68. The van der Waals surface area contributed by atoms with Gasteiger partial charge in [0.2, 0.25) is 0 Å². The van der Waals surface area contributed by atoms with Crippen LogP contribution in [0.4, 0.5) is 0 Å². The minimum Gasteiger partial charge on any atom is -0.311 e. The zero-order valence-corrected chi connectivity index (χ0v) is 10.3. The molecule has 0 spiro atoms. The third kappa shape index (κ3) is 3.39. The Morgan fingerprint density at radius 1 is 1.18 bits per heavy atom. The lowest BCUT2D eigenvalue weighted by Gasteiger charge is -2.05. The Bertz CT molecular complexity index is 462. The van der Waals surface area contributed by atoms with E-state index in [1.807, 2.05) is 24.6 Å². The molecule has 0 aliphatic carbocycles. The zero-order valence-electron chi connectivity index (χ0n) is 10.3. The van der Waals surface area contributed by atoms with Crippen molar-refractivity contribution in [1.29, 1.82) is 0 Å². The average Bonchev–Trinajstić information content (AvgIpc) is 2.65. The van der Waals surface area contributed by atoms with Crippen LogP contribution in [0, 0.1) is 13.8 Å². The summed E-state index contributed by atoms with van der Waals surface area (Å²) in [5.41, 5.74) is 1.30. The van der Waals surface area contributed by atoms with Crippen LogP contribution in [-0.2, 0) is 13.1 Å². The van der Waals surface area contributed by atoms with Gasteiger partial charge in [-0.15, -0.1) is 0 Å². The summed E-state index contributed by atoms with van der Waals surface area (Å²) in [5.74, 6) is 1.81. The van der Waals surface area contributed by atoms with Gasteiger partial charge >= 0.3 is 0 Å². The Kier molecular flexibility index (Phi) is 3.88. The minimum atomic E-state index is 0.838. The second-order valence-corrected chi connectivity index (χ2v) is 4.09. The first-order valence-electron chi connectivity index (χ1n) is 5.88. The lowest BCUT2D eigenvalue weighted by atomic mass is 10.2. The molecule has 0 unspecified atom stereocenters. The molecule has 17 heavy (non-hydrogen) atoms. The third-order valence-corrected chi connectivity index (χ3v) is 2.63. The molecule has 1 N–H and O–H groups in total. The molecule has 0 amide bonds. The van der Waals surface area contributed by atoms with Gasteiger partial charge in [-0.05, 0) is 19.4 Å². The number of hydrogen-bond donors (Lipinski definition) is 1. The first-order valence-corrected chi connectivity index (χ1v) is 5.88. The average molecular weight is 230 g/mol. The summed E-state index contributed by atoms with van der Waals surface area (Å²) in [5, 5.41) is 7.72. The highest BCUT2D eigenvalue weighted by Gasteiger charge is 2.00. The SMILES string of the molecule is Cc1nc(C)n(CCNCc2ccccc2)n1. The molecule has 90 valence electrons. The number of nitrogens with one attached hydrogen (secondary N) is 1. The maximum absolute atomic E-state index is 4.32. The topological polar surface area (TPSA) is 42.7 Å². The fourth-order valence-corrected chi connectivity index (χ4v) is 1.79. The highest BCUT2D eigenvalue weighted by atomic mass is 15.3. The highest BCUT2D eigenvalue weighted by Crippen LogP contribution is 1.98. The van der Waals surface area contributed by atoms with E-state index in [2.05, 4.69) is 39.7 Å². The van der Waals surface area contributed by atoms with E-state index in [9.17, 15) is 0 Å². The van der Waals surface area contributed by atoms with Crippen molar-refractivity contribution in [3.05, 3.63) is 47.5 Å². The van der Waals surface area contributed by atoms with Crippen molar-refractivity contribution >= 4 is 0 Å². The second kappa shape index (κ2) is 5.59. The summed E-state index contributed by atoms with van der Waals surface area (Å²) in [6.45, 7) is 6.56. The van der Waals surface area contributed by atoms with E-state index in [-0.39, 0.29) is 0 Å². The summed E-state index contributed by atoms with van der Waals surface area (Å²) < 4.78 is 1.94. The molecule has 2 aromatic rings. The molecule has 0 atom stereocenters. The molecule has 0 saturated heterocycles. The van der Waals surface area contributed by atoms with E-state index in [4.69, 9.17) is 0 Å². The number of aryl methyl sites for hydroxylation is 2. The Balaban J connectivity index is 1.75. The molecule has 2 rings (SSSR count). The van der Waals surface area contributed by atoms with E-state index in [0.29, 0.717) is 0 Å². The molecule has 0 fully saturated rings. The van der Waals surface area contributed by atoms with Crippen LogP contribution in [0.3, 0.4) is 0 Å². The van der Waals surface area contributed by atoms with E-state index in [1.54, 1.807) is 0 Å². The monoisotopic (exact) mass is 230 g/mol. The van der Waals surface area contributed by atoms with E-state index in [0.717, 1.165) is 31.3 Å². The van der Waals surface area contributed by atoms with Crippen LogP contribution in [0.25, 0.3) is 0 Å². The van der Waals surface area contributed by atoms with Gasteiger partial charge in [0, 0.05) is 13.1 Å². The number of benzene rings is 1. The maximum Gasteiger partial charge on any atom is 0.147 e. The van der Waals surface area contributed by atoms with Crippen LogP contribution in [0.1, 0.15) is 17.2 Å². The lowest BCUT2D eigenvalue weighted by Crippen LogP contribution is -2.20. The molecule has 1 heterocycles. The molecule has 1 aromatic heterocycles. The number of rotatable bonds is 5. The molecule has 0 aliphatic rings. The van der Waals surface area contributed by atoms with Gasteiger partial charge < -0.3 is 5.32 Å². The minimum absolute atomic E-state index is 0.838. The molecule has 1 aromatic carbocycles. The van der Waals surface area contributed by atoms with Crippen LogP contribution in [-0.4, -0.2) is 21.3 Å². The van der Waals surface area contributed by atoms with Crippen molar-refractivity contribution in [3.8, 4) is 0 Å². The van der Waals surface area contributed by atoms with Crippen LogP contribution in [0.15, 0.2) is 30.3 Å². The maximum atomic E-state index is 4.32. The van der Waals surface area contributed by atoms with Gasteiger partial charge in [0.1, 0.15) is 11.6 Å².